The van der Waals surface area contributed by atoms with Gasteiger partial charge in [-0.25, -0.2) is 4.98 Å². The molecule has 0 bridgehead atoms. The summed E-state index contributed by atoms with van der Waals surface area (Å²) in [6.45, 7) is 13.7. The van der Waals surface area contributed by atoms with Crippen molar-refractivity contribution in [3.63, 3.8) is 0 Å². The molecule has 2 rings (SSSR count). The van der Waals surface area contributed by atoms with Crippen LogP contribution in [-0.2, 0) is 5.41 Å². The Bertz CT molecular complexity index is 865. The first kappa shape index (κ1) is 20.7. The van der Waals surface area contributed by atoms with Crippen molar-refractivity contribution in [3.05, 3.63) is 57.3 Å². The average Bonchev–Trinajstić information content (AvgIpc) is 2.57. The number of carbonyl (C=O) groups excluding carboxylic acids is 1. The van der Waals surface area contributed by atoms with Crippen molar-refractivity contribution in [2.24, 2.45) is 0 Å². The Labute approximate surface area is 161 Å². The van der Waals surface area contributed by atoms with Crippen LogP contribution in [0.3, 0.4) is 0 Å². The Hall–Kier alpha value is -2.63. The van der Waals surface area contributed by atoms with Crippen LogP contribution in [0.4, 0.5) is 5.69 Å². The van der Waals surface area contributed by atoms with E-state index in [-0.39, 0.29) is 16.9 Å². The van der Waals surface area contributed by atoms with Gasteiger partial charge in [0.2, 0.25) is 0 Å². The summed E-state index contributed by atoms with van der Waals surface area (Å²) in [7, 11) is 0. The maximum atomic E-state index is 12.5. The third-order valence-electron chi connectivity index (χ3n) is 4.45. The molecule has 1 aromatic heterocycles. The van der Waals surface area contributed by atoms with Crippen LogP contribution in [0.25, 0.3) is 0 Å². The molecule has 0 spiro atoms. The molecule has 0 fully saturated rings. The smallest absolute Gasteiger partial charge is 0.264 e. The fourth-order valence-corrected chi connectivity index (χ4v) is 2.90. The summed E-state index contributed by atoms with van der Waals surface area (Å²) >= 11 is 0. The molecule has 2 N–H and O–H groups in total. The topological polar surface area (TPSA) is 78.1 Å². The molecule has 0 radical (unpaired) electrons. The van der Waals surface area contributed by atoms with E-state index in [1.54, 1.807) is 6.92 Å². The molecule has 146 valence electrons. The lowest BCUT2D eigenvalue weighted by molar-refractivity contribution is 0.0951. The van der Waals surface area contributed by atoms with Gasteiger partial charge < -0.3 is 15.2 Å². The minimum absolute atomic E-state index is 0.0848. The van der Waals surface area contributed by atoms with Crippen LogP contribution in [0.15, 0.2) is 29.1 Å². The van der Waals surface area contributed by atoms with Crippen molar-refractivity contribution in [1.29, 1.82) is 0 Å². The van der Waals surface area contributed by atoms with Gasteiger partial charge in [-0.15, -0.1) is 0 Å². The Morgan fingerprint density at radius 3 is 2.52 bits per heavy atom. The normalized spacial score (nSPS) is 11.3. The Balaban J connectivity index is 2.06. The molecule has 1 heterocycles. The molecule has 0 unspecified atom stereocenters. The number of benzene rings is 1. The van der Waals surface area contributed by atoms with Gasteiger partial charge in [0.1, 0.15) is 11.4 Å². The van der Waals surface area contributed by atoms with Crippen LogP contribution in [0.5, 0.6) is 0 Å². The van der Waals surface area contributed by atoms with Crippen LogP contribution in [0.1, 0.15) is 55.1 Å². The van der Waals surface area contributed by atoms with E-state index < -0.39 is 5.56 Å². The highest BCUT2D eigenvalue weighted by atomic mass is 16.2. The van der Waals surface area contributed by atoms with E-state index in [0.29, 0.717) is 24.6 Å². The van der Waals surface area contributed by atoms with E-state index in [1.165, 1.54) is 5.56 Å². The van der Waals surface area contributed by atoms with E-state index >= 15 is 0 Å². The van der Waals surface area contributed by atoms with Crippen molar-refractivity contribution < 1.29 is 4.79 Å². The van der Waals surface area contributed by atoms with Crippen LogP contribution in [0.2, 0.25) is 0 Å². The fraction of sp³-hybridized carbons (Fsp3) is 0.476. The van der Waals surface area contributed by atoms with Crippen LogP contribution in [-0.4, -0.2) is 35.5 Å². The fourth-order valence-electron chi connectivity index (χ4n) is 2.90. The van der Waals surface area contributed by atoms with Gasteiger partial charge in [0.25, 0.3) is 11.5 Å². The molecule has 27 heavy (non-hydrogen) atoms. The molecule has 1 amide bonds. The summed E-state index contributed by atoms with van der Waals surface area (Å²) < 4.78 is 0. The maximum absolute atomic E-state index is 12.5. The Morgan fingerprint density at radius 1 is 1.26 bits per heavy atom. The zero-order chi connectivity index (χ0) is 20.2. The number of nitrogens with one attached hydrogen (secondary N) is 2. The number of H-pyrrole nitrogens is 1. The molecule has 6 nitrogen and oxygen atoms in total. The van der Waals surface area contributed by atoms with Gasteiger partial charge in [-0.3, -0.25) is 9.59 Å². The van der Waals surface area contributed by atoms with Crippen molar-refractivity contribution in [3.8, 4) is 0 Å². The largest absolute Gasteiger partial charge is 0.370 e. The molecule has 0 aliphatic heterocycles. The summed E-state index contributed by atoms with van der Waals surface area (Å²) in [5, 5.41) is 2.85. The number of likely N-dealkylation sites (N-methyl/N-ethyl adjacent to an activating group) is 1. The number of rotatable bonds is 6. The number of aryl methyl sites for hydroxylation is 2. The predicted octanol–water partition coefficient (Wildman–Crippen LogP) is 2.94. The Kier molecular flexibility index (Phi) is 6.41. The van der Waals surface area contributed by atoms with Gasteiger partial charge in [-0.2, -0.15) is 0 Å². The van der Waals surface area contributed by atoms with E-state index in [1.807, 2.05) is 26.8 Å². The lowest BCUT2D eigenvalue weighted by Crippen LogP contribution is -2.38. The first-order valence-electron chi connectivity index (χ1n) is 9.34. The highest BCUT2D eigenvalue weighted by Crippen LogP contribution is 2.17. The monoisotopic (exact) mass is 370 g/mol. The molecule has 1 aromatic carbocycles. The van der Waals surface area contributed by atoms with Gasteiger partial charge in [0.15, 0.2) is 0 Å². The van der Waals surface area contributed by atoms with Crippen LogP contribution in [0, 0.1) is 13.8 Å². The molecule has 0 saturated heterocycles. The maximum Gasteiger partial charge on any atom is 0.264 e. The summed E-state index contributed by atoms with van der Waals surface area (Å²) in [6.07, 6.45) is 0. The first-order chi connectivity index (χ1) is 12.6. The zero-order valence-corrected chi connectivity index (χ0v) is 17.1. The van der Waals surface area contributed by atoms with E-state index in [0.717, 1.165) is 12.2 Å². The van der Waals surface area contributed by atoms with Crippen molar-refractivity contribution >= 4 is 11.6 Å². The molecule has 2 aromatic rings. The number of anilines is 1. The number of hydrogen-bond donors (Lipinski definition) is 2. The standard InChI is InChI=1S/C21H30N4O2/c1-7-25(16-10-8-9-14(2)13-16)12-11-22-18(26)17-15(3)23-20(21(4,5)6)24-19(17)27/h8-10,13H,7,11-12H2,1-6H3,(H,22,26)(H,23,24,27). The number of nitrogens with zero attached hydrogens (tertiary/aromatic N) is 2. The second kappa shape index (κ2) is 8.37. The van der Waals surface area contributed by atoms with Crippen molar-refractivity contribution in [1.82, 2.24) is 15.3 Å². The van der Waals surface area contributed by atoms with E-state index in [2.05, 4.69) is 52.2 Å². The van der Waals surface area contributed by atoms with Gasteiger partial charge >= 0.3 is 0 Å². The molecule has 6 heteroatoms. The predicted molar refractivity (Wildman–Crippen MR) is 110 cm³/mol. The summed E-state index contributed by atoms with van der Waals surface area (Å²) in [6, 6.07) is 8.26. The van der Waals surface area contributed by atoms with Crippen molar-refractivity contribution in [2.45, 2.75) is 47.0 Å². The lowest BCUT2D eigenvalue weighted by Gasteiger charge is -2.23. The summed E-state index contributed by atoms with van der Waals surface area (Å²) in [4.78, 5) is 34.3. The van der Waals surface area contributed by atoms with Gasteiger partial charge in [0, 0.05) is 30.7 Å². The number of carbonyl (C=O) groups is 1. The van der Waals surface area contributed by atoms with Crippen LogP contribution < -0.4 is 15.8 Å². The molecule has 0 aliphatic rings. The molecule has 0 atom stereocenters. The third-order valence-corrected chi connectivity index (χ3v) is 4.45. The molecular formula is C21H30N4O2. The summed E-state index contributed by atoms with van der Waals surface area (Å²) in [5.74, 6) is 0.195. The highest BCUT2D eigenvalue weighted by Gasteiger charge is 2.22. The third kappa shape index (κ3) is 5.18. The van der Waals surface area contributed by atoms with Gasteiger partial charge in [-0.1, -0.05) is 32.9 Å². The highest BCUT2D eigenvalue weighted by molar-refractivity contribution is 5.94. The Morgan fingerprint density at radius 2 is 1.96 bits per heavy atom. The quantitative estimate of drug-likeness (QED) is 0.819. The molecule has 0 aliphatic carbocycles. The second-order valence-electron chi connectivity index (χ2n) is 7.80. The zero-order valence-electron chi connectivity index (χ0n) is 17.1. The summed E-state index contributed by atoms with van der Waals surface area (Å²) in [5.41, 5.74) is 2.18. The van der Waals surface area contributed by atoms with E-state index in [9.17, 15) is 9.59 Å². The first-order valence-corrected chi connectivity index (χ1v) is 9.34. The van der Waals surface area contributed by atoms with Gasteiger partial charge in [-0.05, 0) is 38.5 Å². The van der Waals surface area contributed by atoms with Gasteiger partial charge in [0.05, 0.1) is 5.69 Å². The number of aromatic nitrogens is 2. The second-order valence-corrected chi connectivity index (χ2v) is 7.80. The number of amides is 1. The SMILES string of the molecule is CCN(CCNC(=O)c1c(C)nc(C(C)(C)C)[nH]c1=O)c1cccc(C)c1. The lowest BCUT2D eigenvalue weighted by atomic mass is 9.95. The minimum atomic E-state index is -0.393. The van der Waals surface area contributed by atoms with E-state index in [4.69, 9.17) is 0 Å². The molecule has 0 saturated carbocycles. The number of aromatic amines is 1. The van der Waals surface area contributed by atoms with Crippen LogP contribution >= 0.6 is 0 Å². The average molecular weight is 370 g/mol. The molecular weight excluding hydrogens is 340 g/mol. The van der Waals surface area contributed by atoms with Crippen molar-refractivity contribution in [2.75, 3.05) is 24.5 Å². The number of hydrogen-bond acceptors (Lipinski definition) is 4. The minimum Gasteiger partial charge on any atom is -0.370 e.